The standard InChI is InChI=1S/C19H28N4O3/c1-12-6-9-14(20-17(25)13-7-8-13)10-15(12)21-18(26)23(5)11-16(24)22-19(2,3)4/h6,9-10,13H,7-8,11H2,1-5H3,(H,20,25)(H,21,26)(H,22,24). The van der Waals surface area contributed by atoms with E-state index in [0.717, 1.165) is 18.4 Å². The molecule has 0 saturated heterocycles. The lowest BCUT2D eigenvalue weighted by Gasteiger charge is -2.24. The molecule has 7 heteroatoms. The second-order valence-electron chi connectivity index (χ2n) is 7.88. The largest absolute Gasteiger partial charge is 0.350 e. The smallest absolute Gasteiger partial charge is 0.322 e. The van der Waals surface area contributed by atoms with E-state index in [9.17, 15) is 14.4 Å². The molecule has 2 rings (SSSR count). The summed E-state index contributed by atoms with van der Waals surface area (Å²) in [6, 6.07) is 5.00. The van der Waals surface area contributed by atoms with E-state index in [1.165, 1.54) is 4.90 Å². The van der Waals surface area contributed by atoms with Gasteiger partial charge in [0.1, 0.15) is 6.54 Å². The predicted octanol–water partition coefficient (Wildman–Crippen LogP) is 2.72. The predicted molar refractivity (Wildman–Crippen MR) is 102 cm³/mol. The molecule has 7 nitrogen and oxygen atoms in total. The number of hydrogen-bond donors (Lipinski definition) is 3. The van der Waals surface area contributed by atoms with E-state index in [4.69, 9.17) is 0 Å². The van der Waals surface area contributed by atoms with Gasteiger partial charge in [-0.3, -0.25) is 9.59 Å². The molecule has 0 spiro atoms. The number of benzene rings is 1. The van der Waals surface area contributed by atoms with Gasteiger partial charge in [-0.25, -0.2) is 4.79 Å². The van der Waals surface area contributed by atoms with Crippen molar-refractivity contribution in [3.63, 3.8) is 0 Å². The van der Waals surface area contributed by atoms with E-state index in [1.807, 2.05) is 39.8 Å². The van der Waals surface area contributed by atoms with Crippen molar-refractivity contribution >= 4 is 29.2 Å². The fourth-order valence-electron chi connectivity index (χ4n) is 2.38. The third-order valence-electron chi connectivity index (χ3n) is 3.94. The molecular formula is C19H28N4O3. The van der Waals surface area contributed by atoms with Crippen molar-refractivity contribution in [3.05, 3.63) is 23.8 Å². The van der Waals surface area contributed by atoms with Gasteiger partial charge in [0, 0.05) is 29.9 Å². The molecule has 142 valence electrons. The van der Waals surface area contributed by atoms with Gasteiger partial charge < -0.3 is 20.9 Å². The summed E-state index contributed by atoms with van der Waals surface area (Å²) in [6.07, 6.45) is 1.87. The Morgan fingerprint density at radius 1 is 1.15 bits per heavy atom. The molecule has 1 aromatic carbocycles. The average Bonchev–Trinajstić information content (AvgIpc) is 3.33. The lowest BCUT2D eigenvalue weighted by atomic mass is 10.1. The number of nitrogens with one attached hydrogen (secondary N) is 3. The van der Waals surface area contributed by atoms with Crippen molar-refractivity contribution in [1.29, 1.82) is 0 Å². The van der Waals surface area contributed by atoms with Crippen LogP contribution in [0.5, 0.6) is 0 Å². The summed E-state index contributed by atoms with van der Waals surface area (Å²) < 4.78 is 0. The summed E-state index contributed by atoms with van der Waals surface area (Å²) >= 11 is 0. The van der Waals surface area contributed by atoms with Gasteiger partial charge in [0.15, 0.2) is 0 Å². The van der Waals surface area contributed by atoms with Crippen LogP contribution in [0.1, 0.15) is 39.2 Å². The van der Waals surface area contributed by atoms with Crippen LogP contribution in [-0.4, -0.2) is 41.9 Å². The van der Waals surface area contributed by atoms with Crippen LogP contribution in [0, 0.1) is 12.8 Å². The minimum atomic E-state index is -0.386. The molecule has 1 aliphatic rings. The average molecular weight is 360 g/mol. The lowest BCUT2D eigenvalue weighted by molar-refractivity contribution is -0.122. The summed E-state index contributed by atoms with van der Waals surface area (Å²) in [5.41, 5.74) is 1.77. The summed E-state index contributed by atoms with van der Waals surface area (Å²) in [5.74, 6) is -0.0961. The van der Waals surface area contributed by atoms with Gasteiger partial charge >= 0.3 is 6.03 Å². The number of carbonyl (C=O) groups is 3. The number of nitrogens with zero attached hydrogens (tertiary/aromatic N) is 1. The number of urea groups is 1. The summed E-state index contributed by atoms with van der Waals surface area (Å²) in [5, 5.41) is 8.48. The summed E-state index contributed by atoms with van der Waals surface area (Å²) in [4.78, 5) is 37.5. The van der Waals surface area contributed by atoms with Crippen LogP contribution in [0.4, 0.5) is 16.2 Å². The fourth-order valence-corrected chi connectivity index (χ4v) is 2.38. The van der Waals surface area contributed by atoms with Gasteiger partial charge in [0.05, 0.1) is 0 Å². The topological polar surface area (TPSA) is 90.5 Å². The van der Waals surface area contributed by atoms with E-state index in [0.29, 0.717) is 11.4 Å². The molecule has 1 fully saturated rings. The van der Waals surface area contributed by atoms with Crippen LogP contribution in [0.25, 0.3) is 0 Å². The number of rotatable bonds is 5. The molecule has 0 aromatic heterocycles. The van der Waals surface area contributed by atoms with Gasteiger partial charge in [-0.2, -0.15) is 0 Å². The van der Waals surface area contributed by atoms with Crippen LogP contribution in [0.3, 0.4) is 0 Å². The molecule has 0 heterocycles. The highest BCUT2D eigenvalue weighted by atomic mass is 16.2. The lowest BCUT2D eigenvalue weighted by Crippen LogP contribution is -2.47. The third kappa shape index (κ3) is 6.06. The number of anilines is 2. The van der Waals surface area contributed by atoms with Crippen LogP contribution < -0.4 is 16.0 Å². The fraction of sp³-hybridized carbons (Fsp3) is 0.526. The van der Waals surface area contributed by atoms with Crippen molar-refractivity contribution in [2.75, 3.05) is 24.2 Å². The number of hydrogen-bond acceptors (Lipinski definition) is 3. The highest BCUT2D eigenvalue weighted by Gasteiger charge is 2.29. The summed E-state index contributed by atoms with van der Waals surface area (Å²) in [7, 11) is 1.56. The van der Waals surface area contributed by atoms with Crippen molar-refractivity contribution < 1.29 is 14.4 Å². The Bertz CT molecular complexity index is 705. The first-order chi connectivity index (χ1) is 12.0. The summed E-state index contributed by atoms with van der Waals surface area (Å²) in [6.45, 7) is 7.48. The van der Waals surface area contributed by atoms with Crippen molar-refractivity contribution in [2.45, 2.75) is 46.1 Å². The third-order valence-corrected chi connectivity index (χ3v) is 3.94. The van der Waals surface area contributed by atoms with Crippen molar-refractivity contribution in [2.24, 2.45) is 5.92 Å². The molecule has 1 saturated carbocycles. The zero-order chi connectivity index (χ0) is 19.5. The highest BCUT2D eigenvalue weighted by Crippen LogP contribution is 2.30. The molecule has 4 amide bonds. The Balaban J connectivity index is 1.96. The molecule has 0 bridgehead atoms. The highest BCUT2D eigenvalue weighted by molar-refractivity contribution is 5.96. The molecule has 26 heavy (non-hydrogen) atoms. The zero-order valence-electron chi connectivity index (χ0n) is 16.1. The minimum Gasteiger partial charge on any atom is -0.350 e. The number of carbonyl (C=O) groups excluding carboxylic acids is 3. The number of aryl methyl sites for hydroxylation is 1. The molecule has 1 aliphatic carbocycles. The van der Waals surface area contributed by atoms with Crippen molar-refractivity contribution in [3.8, 4) is 0 Å². The molecule has 0 aliphatic heterocycles. The Labute approximate surface area is 154 Å². The maximum absolute atomic E-state index is 12.4. The van der Waals surface area contributed by atoms with Crippen LogP contribution >= 0.6 is 0 Å². The number of amides is 4. The zero-order valence-corrected chi connectivity index (χ0v) is 16.1. The van der Waals surface area contributed by atoms with Crippen LogP contribution in [0.15, 0.2) is 18.2 Å². The molecule has 0 atom stereocenters. The maximum atomic E-state index is 12.4. The molecule has 0 radical (unpaired) electrons. The minimum absolute atomic E-state index is 0.0158. The first-order valence-electron chi connectivity index (χ1n) is 8.80. The SMILES string of the molecule is Cc1ccc(NC(=O)C2CC2)cc1NC(=O)N(C)CC(=O)NC(C)(C)C. The first kappa shape index (κ1) is 19.8. The van der Waals surface area contributed by atoms with E-state index < -0.39 is 0 Å². The molecular weight excluding hydrogens is 332 g/mol. The second-order valence-corrected chi connectivity index (χ2v) is 7.88. The van der Waals surface area contributed by atoms with E-state index in [-0.39, 0.29) is 35.8 Å². The second kappa shape index (κ2) is 7.76. The van der Waals surface area contributed by atoms with Gasteiger partial charge in [-0.1, -0.05) is 6.07 Å². The van der Waals surface area contributed by atoms with Gasteiger partial charge in [-0.05, 0) is 58.2 Å². The van der Waals surface area contributed by atoms with E-state index in [2.05, 4.69) is 16.0 Å². The Kier molecular flexibility index (Phi) is 5.90. The molecule has 0 unspecified atom stereocenters. The Morgan fingerprint density at radius 2 is 1.81 bits per heavy atom. The maximum Gasteiger partial charge on any atom is 0.322 e. The number of likely N-dealkylation sites (N-methyl/N-ethyl adjacent to an activating group) is 1. The molecule has 1 aromatic rings. The van der Waals surface area contributed by atoms with Crippen LogP contribution in [0.2, 0.25) is 0 Å². The van der Waals surface area contributed by atoms with Gasteiger partial charge in [0.2, 0.25) is 11.8 Å². The van der Waals surface area contributed by atoms with Gasteiger partial charge in [0.25, 0.3) is 0 Å². The molecule has 3 N–H and O–H groups in total. The first-order valence-corrected chi connectivity index (χ1v) is 8.80. The quantitative estimate of drug-likeness (QED) is 0.754. The normalized spacial score (nSPS) is 13.7. The Morgan fingerprint density at radius 3 is 2.38 bits per heavy atom. The Hall–Kier alpha value is -2.57. The van der Waals surface area contributed by atoms with Gasteiger partial charge in [-0.15, -0.1) is 0 Å². The van der Waals surface area contributed by atoms with E-state index in [1.54, 1.807) is 13.1 Å². The monoisotopic (exact) mass is 360 g/mol. The van der Waals surface area contributed by atoms with Crippen molar-refractivity contribution in [1.82, 2.24) is 10.2 Å². The van der Waals surface area contributed by atoms with E-state index >= 15 is 0 Å². The van der Waals surface area contributed by atoms with Crippen LogP contribution in [-0.2, 0) is 9.59 Å².